The molecule has 1 fully saturated rings. The van der Waals surface area contributed by atoms with Gasteiger partial charge in [0, 0.05) is 5.56 Å². The Balaban J connectivity index is 0.000000393. The number of fused-ring (bicyclic) bond motifs is 1. The lowest BCUT2D eigenvalue weighted by molar-refractivity contribution is 0.209. The quantitative estimate of drug-likeness (QED) is 0.754. The summed E-state index contributed by atoms with van der Waals surface area (Å²) >= 11 is 0. The van der Waals surface area contributed by atoms with Crippen molar-refractivity contribution in [3.63, 3.8) is 0 Å². The summed E-state index contributed by atoms with van der Waals surface area (Å²) in [6.45, 7) is 0. The number of pyridine rings is 1. The van der Waals surface area contributed by atoms with Crippen molar-refractivity contribution in [2.24, 2.45) is 0 Å². The molecule has 2 N–H and O–H groups in total. The smallest absolute Gasteiger partial charge is 0.411 e. The average molecular weight is 286 g/mol. The van der Waals surface area contributed by atoms with Crippen LogP contribution in [-0.2, 0) is 0 Å². The van der Waals surface area contributed by atoms with Crippen LogP contribution in [-0.4, -0.2) is 25.8 Å². The minimum atomic E-state index is -1.20. The van der Waals surface area contributed by atoms with E-state index in [0.717, 1.165) is 11.3 Å². The lowest BCUT2D eigenvalue weighted by Crippen LogP contribution is -2.08. The lowest BCUT2D eigenvalue weighted by Gasteiger charge is -1.99. The summed E-state index contributed by atoms with van der Waals surface area (Å²) in [5.41, 5.74) is 2.16. The van der Waals surface area contributed by atoms with Crippen molar-refractivity contribution < 1.29 is 14.3 Å². The van der Waals surface area contributed by atoms with Crippen LogP contribution >= 0.6 is 0 Å². The zero-order chi connectivity index (χ0) is 14.7. The number of carboxylic acid groups (broad SMARTS) is 1. The van der Waals surface area contributed by atoms with Gasteiger partial charge in [-0.1, -0.05) is 25.3 Å². The van der Waals surface area contributed by atoms with Gasteiger partial charge in [0.15, 0.2) is 5.65 Å². The summed E-state index contributed by atoms with van der Waals surface area (Å²) in [6, 6.07) is 7.19. The van der Waals surface area contributed by atoms with Gasteiger partial charge in [0.2, 0.25) is 0 Å². The van der Waals surface area contributed by atoms with Crippen LogP contribution in [0, 0.1) is 0 Å². The Bertz CT molecular complexity index is 744. The fourth-order valence-corrected chi connectivity index (χ4v) is 1.68. The molecular formula is C14H14N4O3. The number of hydrogen-bond donors (Lipinski definition) is 2. The first-order valence-corrected chi connectivity index (χ1v) is 6.62. The second-order valence-electron chi connectivity index (χ2n) is 4.62. The maximum Gasteiger partial charge on any atom is 0.411 e. The maximum atomic E-state index is 10.5. The molecule has 3 aromatic rings. The standard InChI is InChI=1S/C11H8N4O3.C3H6/c16-11(17)13-10-12-9-3-1-2-8(15(9)14-10)7-4-5-18-6-7;1-2-3-1/h1-6H,(H,13,14)(H,16,17);1-3H2. The van der Waals surface area contributed by atoms with E-state index in [1.165, 1.54) is 19.3 Å². The number of rotatable bonds is 2. The maximum absolute atomic E-state index is 10.5. The minimum absolute atomic E-state index is 0.0402. The monoisotopic (exact) mass is 286 g/mol. The van der Waals surface area contributed by atoms with Crippen LogP contribution in [0.3, 0.4) is 0 Å². The molecule has 0 aromatic carbocycles. The molecule has 7 nitrogen and oxygen atoms in total. The van der Waals surface area contributed by atoms with E-state index >= 15 is 0 Å². The highest BCUT2D eigenvalue weighted by molar-refractivity contribution is 5.80. The van der Waals surface area contributed by atoms with Gasteiger partial charge in [-0.25, -0.2) is 9.31 Å². The highest BCUT2D eigenvalue weighted by Gasteiger charge is 2.10. The van der Waals surface area contributed by atoms with Crippen LogP contribution in [0.4, 0.5) is 10.7 Å². The lowest BCUT2D eigenvalue weighted by atomic mass is 10.2. The zero-order valence-electron chi connectivity index (χ0n) is 11.2. The van der Waals surface area contributed by atoms with Crippen molar-refractivity contribution in [3.05, 3.63) is 36.8 Å². The van der Waals surface area contributed by atoms with E-state index in [9.17, 15) is 4.79 Å². The van der Waals surface area contributed by atoms with Gasteiger partial charge in [-0.2, -0.15) is 4.98 Å². The number of carbonyl (C=O) groups is 1. The van der Waals surface area contributed by atoms with Crippen LogP contribution in [0.2, 0.25) is 0 Å². The Morgan fingerprint density at radius 2 is 2.10 bits per heavy atom. The molecule has 0 spiro atoms. The Labute approximate surface area is 120 Å². The number of anilines is 1. The predicted octanol–water partition coefficient (Wildman–Crippen LogP) is 3.25. The molecule has 3 heterocycles. The summed E-state index contributed by atoms with van der Waals surface area (Å²) in [5, 5.41) is 14.8. The van der Waals surface area contributed by atoms with E-state index < -0.39 is 6.09 Å². The predicted molar refractivity (Wildman–Crippen MR) is 76.2 cm³/mol. The van der Waals surface area contributed by atoms with Crippen molar-refractivity contribution in [2.75, 3.05) is 5.32 Å². The number of amides is 1. The van der Waals surface area contributed by atoms with Gasteiger partial charge in [-0.15, -0.1) is 5.10 Å². The topological polar surface area (TPSA) is 92.7 Å². The fraction of sp³-hybridized carbons (Fsp3) is 0.214. The number of nitrogens with one attached hydrogen (secondary N) is 1. The van der Waals surface area contributed by atoms with E-state index in [-0.39, 0.29) is 5.95 Å². The normalized spacial score (nSPS) is 12.6. The molecule has 0 unspecified atom stereocenters. The molecule has 7 heteroatoms. The van der Waals surface area contributed by atoms with E-state index in [2.05, 4.69) is 15.4 Å². The number of nitrogens with zero attached hydrogens (tertiary/aromatic N) is 3. The van der Waals surface area contributed by atoms with Crippen molar-refractivity contribution in [2.45, 2.75) is 19.3 Å². The molecule has 0 radical (unpaired) electrons. The van der Waals surface area contributed by atoms with E-state index in [4.69, 9.17) is 9.52 Å². The molecule has 4 rings (SSSR count). The molecule has 0 aliphatic heterocycles. The van der Waals surface area contributed by atoms with Gasteiger partial charge in [0.05, 0.1) is 18.2 Å². The first-order chi connectivity index (χ1) is 10.2. The first kappa shape index (κ1) is 13.2. The highest BCUT2D eigenvalue weighted by Crippen LogP contribution is 2.21. The third-order valence-corrected chi connectivity index (χ3v) is 2.75. The Morgan fingerprint density at radius 3 is 2.71 bits per heavy atom. The average Bonchev–Trinajstić information content (AvgIpc) is 3.13. The van der Waals surface area contributed by atoms with Crippen LogP contribution < -0.4 is 5.32 Å². The molecule has 21 heavy (non-hydrogen) atoms. The molecule has 3 aromatic heterocycles. The van der Waals surface area contributed by atoms with Crippen molar-refractivity contribution in [1.82, 2.24) is 14.6 Å². The Morgan fingerprint density at radius 1 is 1.29 bits per heavy atom. The third kappa shape index (κ3) is 3.19. The molecule has 0 saturated heterocycles. The van der Waals surface area contributed by atoms with Gasteiger partial charge in [0.25, 0.3) is 5.95 Å². The van der Waals surface area contributed by atoms with E-state index in [1.54, 1.807) is 29.2 Å². The fourth-order valence-electron chi connectivity index (χ4n) is 1.68. The minimum Gasteiger partial charge on any atom is -0.472 e. The van der Waals surface area contributed by atoms with Crippen LogP contribution in [0.15, 0.2) is 41.2 Å². The molecule has 0 atom stereocenters. The summed E-state index contributed by atoms with van der Waals surface area (Å²) in [5.74, 6) is 0.0402. The zero-order valence-corrected chi connectivity index (χ0v) is 11.2. The van der Waals surface area contributed by atoms with Crippen molar-refractivity contribution in [1.29, 1.82) is 0 Å². The molecule has 1 aliphatic rings. The second-order valence-corrected chi connectivity index (χ2v) is 4.62. The third-order valence-electron chi connectivity index (χ3n) is 2.75. The number of hydrogen-bond acceptors (Lipinski definition) is 4. The highest BCUT2D eigenvalue weighted by atomic mass is 16.4. The van der Waals surface area contributed by atoms with Gasteiger partial charge in [-0.05, 0) is 18.2 Å². The molecule has 0 bridgehead atoms. The largest absolute Gasteiger partial charge is 0.472 e. The van der Waals surface area contributed by atoms with Crippen molar-refractivity contribution in [3.8, 4) is 11.3 Å². The molecule has 1 aliphatic carbocycles. The van der Waals surface area contributed by atoms with Gasteiger partial charge < -0.3 is 9.52 Å². The van der Waals surface area contributed by atoms with E-state index in [1.807, 2.05) is 12.1 Å². The second kappa shape index (κ2) is 5.66. The number of furan rings is 1. The van der Waals surface area contributed by atoms with Crippen molar-refractivity contribution >= 4 is 17.7 Å². The van der Waals surface area contributed by atoms with Crippen LogP contribution in [0.5, 0.6) is 0 Å². The summed E-state index contributed by atoms with van der Waals surface area (Å²) in [7, 11) is 0. The molecule has 1 amide bonds. The number of aromatic nitrogens is 3. The summed E-state index contributed by atoms with van der Waals surface area (Å²) in [4.78, 5) is 14.6. The van der Waals surface area contributed by atoms with Gasteiger partial charge in [-0.3, -0.25) is 5.32 Å². The molecular weight excluding hydrogens is 272 g/mol. The Hall–Kier alpha value is -2.83. The van der Waals surface area contributed by atoms with E-state index in [0.29, 0.717) is 5.65 Å². The molecule has 1 saturated carbocycles. The molecule has 108 valence electrons. The summed E-state index contributed by atoms with van der Waals surface area (Å²) in [6.07, 6.45) is 6.44. The van der Waals surface area contributed by atoms with Gasteiger partial charge in [0.1, 0.15) is 0 Å². The van der Waals surface area contributed by atoms with Crippen LogP contribution in [0.25, 0.3) is 16.9 Å². The SMILES string of the molecule is C1CC1.O=C(O)Nc1nc2cccc(-c3ccoc3)n2n1. The van der Waals surface area contributed by atoms with Crippen LogP contribution in [0.1, 0.15) is 19.3 Å². The first-order valence-electron chi connectivity index (χ1n) is 6.62. The summed E-state index contributed by atoms with van der Waals surface area (Å²) < 4.78 is 6.57. The van der Waals surface area contributed by atoms with Gasteiger partial charge >= 0.3 is 6.09 Å². The Kier molecular flexibility index (Phi) is 3.55.